The van der Waals surface area contributed by atoms with Crippen molar-refractivity contribution >= 4 is 17.5 Å². The molecule has 0 spiro atoms. The second-order valence-corrected chi connectivity index (χ2v) is 7.96. The van der Waals surface area contributed by atoms with E-state index >= 15 is 0 Å². The first-order valence-electron chi connectivity index (χ1n) is 9.79. The maximum Gasteiger partial charge on any atom is 0.191 e. The Bertz CT molecular complexity index is 987. The molecule has 0 fully saturated rings. The second-order valence-electron chi connectivity index (χ2n) is 7.01. The summed E-state index contributed by atoms with van der Waals surface area (Å²) in [7, 11) is 0. The average Bonchev–Trinajstić information content (AvgIpc) is 3.22. The number of carbonyl (C=O) groups excluding carboxylic acids is 1. The van der Waals surface area contributed by atoms with E-state index in [2.05, 4.69) is 59.2 Å². The van der Waals surface area contributed by atoms with Crippen LogP contribution in [0, 0.1) is 20.8 Å². The number of rotatable bonds is 8. The highest BCUT2D eigenvalue weighted by Gasteiger charge is 2.19. The molecule has 2 heterocycles. The number of hydrogen-bond acceptors (Lipinski definition) is 4. The van der Waals surface area contributed by atoms with Gasteiger partial charge in [0.15, 0.2) is 16.8 Å². The van der Waals surface area contributed by atoms with Gasteiger partial charge in [-0.25, -0.2) is 0 Å². The Morgan fingerprint density at radius 3 is 2.50 bits per heavy atom. The number of nitrogens with zero attached hydrogens (tertiary/aromatic N) is 4. The summed E-state index contributed by atoms with van der Waals surface area (Å²) >= 11 is 1.46. The Morgan fingerprint density at radius 2 is 1.82 bits per heavy atom. The average molecular weight is 397 g/mol. The molecule has 0 radical (unpaired) electrons. The summed E-state index contributed by atoms with van der Waals surface area (Å²) in [5.74, 6) is 1.36. The van der Waals surface area contributed by atoms with E-state index in [1.807, 2.05) is 25.1 Å². The van der Waals surface area contributed by atoms with Gasteiger partial charge < -0.3 is 9.13 Å². The van der Waals surface area contributed by atoms with Crippen LogP contribution in [0.2, 0.25) is 0 Å². The van der Waals surface area contributed by atoms with Gasteiger partial charge in [0.05, 0.1) is 5.75 Å². The number of aryl methyl sites for hydroxylation is 2. The summed E-state index contributed by atoms with van der Waals surface area (Å²) in [5.41, 5.74) is 5.27. The van der Waals surface area contributed by atoms with Gasteiger partial charge in [0.2, 0.25) is 0 Å². The molecule has 1 aromatic carbocycles. The number of Topliss-reactive ketones (excluding diaryl/α,β-unsaturated/α-hetero) is 1. The summed E-state index contributed by atoms with van der Waals surface area (Å²) < 4.78 is 4.31. The third-order valence-electron chi connectivity index (χ3n) is 5.07. The van der Waals surface area contributed by atoms with Crippen molar-refractivity contribution in [3.05, 3.63) is 52.8 Å². The third kappa shape index (κ3) is 3.92. The molecule has 3 aromatic rings. The van der Waals surface area contributed by atoms with Crippen molar-refractivity contribution in [2.75, 3.05) is 5.75 Å². The van der Waals surface area contributed by atoms with Gasteiger partial charge in [0.1, 0.15) is 0 Å². The third-order valence-corrected chi connectivity index (χ3v) is 6.04. The lowest BCUT2D eigenvalue weighted by Crippen LogP contribution is -2.08. The van der Waals surface area contributed by atoms with Gasteiger partial charge in [-0.3, -0.25) is 4.79 Å². The van der Waals surface area contributed by atoms with Crippen molar-refractivity contribution in [1.82, 2.24) is 19.3 Å². The first kappa shape index (κ1) is 20.4. The number of benzene rings is 1. The van der Waals surface area contributed by atoms with Crippen LogP contribution in [0.4, 0.5) is 0 Å². The smallest absolute Gasteiger partial charge is 0.191 e. The largest absolute Gasteiger partial charge is 0.348 e. The molecule has 0 saturated carbocycles. The second kappa shape index (κ2) is 8.78. The summed E-state index contributed by atoms with van der Waals surface area (Å²) in [5, 5.41) is 9.56. The fourth-order valence-corrected chi connectivity index (χ4v) is 4.45. The minimum atomic E-state index is 0.142. The van der Waals surface area contributed by atoms with Crippen LogP contribution in [0.25, 0.3) is 11.4 Å². The quantitative estimate of drug-likeness (QED) is 0.394. The number of hydrogen-bond donors (Lipinski definition) is 0. The number of ketones is 1. The highest BCUT2D eigenvalue weighted by Crippen LogP contribution is 2.27. The lowest BCUT2D eigenvalue weighted by molar-refractivity contribution is 0.102. The normalized spacial score (nSPS) is 11.2. The minimum Gasteiger partial charge on any atom is -0.348 e. The highest BCUT2D eigenvalue weighted by atomic mass is 32.2. The monoisotopic (exact) mass is 396 g/mol. The van der Waals surface area contributed by atoms with E-state index < -0.39 is 0 Å². The predicted octanol–water partition coefficient (Wildman–Crippen LogP) is 5.08. The zero-order chi connectivity index (χ0) is 20.3. The van der Waals surface area contributed by atoms with Crippen LogP contribution in [0.15, 0.2) is 35.5 Å². The van der Waals surface area contributed by atoms with Gasteiger partial charge in [-0.05, 0) is 45.7 Å². The Kier molecular flexibility index (Phi) is 6.39. The molecule has 0 N–H and O–H groups in total. The molecule has 0 unspecified atom stereocenters. The molecular formula is C22H28N4OS. The summed E-state index contributed by atoms with van der Waals surface area (Å²) in [6.45, 7) is 12.1. The van der Waals surface area contributed by atoms with Crippen LogP contribution in [-0.2, 0) is 13.1 Å². The lowest BCUT2D eigenvalue weighted by Gasteiger charge is -2.09. The molecule has 5 nitrogen and oxygen atoms in total. The van der Waals surface area contributed by atoms with Crippen LogP contribution >= 0.6 is 11.8 Å². The standard InChI is InChI=1S/C22H28N4OS/c1-6-12-26-16(4)13-19(17(26)5)20(27)14-28-22-24-23-21(25(22)7-2)18-11-9-8-10-15(18)3/h8-11,13H,6-7,12,14H2,1-5H3. The number of carbonyl (C=O) groups is 1. The Morgan fingerprint density at radius 1 is 1.07 bits per heavy atom. The van der Waals surface area contributed by atoms with Gasteiger partial charge in [-0.2, -0.15) is 0 Å². The van der Waals surface area contributed by atoms with Crippen LogP contribution in [0.3, 0.4) is 0 Å². The minimum absolute atomic E-state index is 0.142. The molecule has 2 aromatic heterocycles. The molecule has 0 atom stereocenters. The van der Waals surface area contributed by atoms with E-state index in [0.29, 0.717) is 5.75 Å². The van der Waals surface area contributed by atoms with Crippen LogP contribution in [0.1, 0.15) is 47.6 Å². The van der Waals surface area contributed by atoms with E-state index in [4.69, 9.17) is 0 Å². The van der Waals surface area contributed by atoms with Gasteiger partial charge in [0, 0.05) is 35.6 Å². The van der Waals surface area contributed by atoms with E-state index in [9.17, 15) is 4.79 Å². The molecule has 148 valence electrons. The molecule has 0 bridgehead atoms. The van der Waals surface area contributed by atoms with Gasteiger partial charge in [0.25, 0.3) is 0 Å². The lowest BCUT2D eigenvalue weighted by atomic mass is 10.1. The molecule has 3 rings (SSSR count). The highest BCUT2D eigenvalue weighted by molar-refractivity contribution is 7.99. The summed E-state index contributed by atoms with van der Waals surface area (Å²) in [4.78, 5) is 12.8. The molecule has 0 aliphatic heterocycles. The van der Waals surface area contributed by atoms with Crippen molar-refractivity contribution in [3.8, 4) is 11.4 Å². The molecule has 0 aliphatic rings. The fraction of sp³-hybridized carbons (Fsp3) is 0.409. The Labute approximate surface area is 171 Å². The van der Waals surface area contributed by atoms with Crippen molar-refractivity contribution < 1.29 is 4.79 Å². The molecule has 0 aliphatic carbocycles. The molecule has 6 heteroatoms. The topological polar surface area (TPSA) is 52.7 Å². The molecular weight excluding hydrogens is 368 g/mol. The van der Waals surface area contributed by atoms with Crippen molar-refractivity contribution in [3.63, 3.8) is 0 Å². The predicted molar refractivity (Wildman–Crippen MR) is 115 cm³/mol. The SMILES string of the molecule is CCCn1c(C)cc(C(=O)CSc2nnc(-c3ccccc3C)n2CC)c1C. The van der Waals surface area contributed by atoms with Crippen LogP contribution in [0.5, 0.6) is 0 Å². The van der Waals surface area contributed by atoms with Crippen LogP contribution < -0.4 is 0 Å². The first-order chi connectivity index (χ1) is 13.5. The van der Waals surface area contributed by atoms with E-state index in [0.717, 1.165) is 53.0 Å². The zero-order valence-corrected chi connectivity index (χ0v) is 18.1. The summed E-state index contributed by atoms with van der Waals surface area (Å²) in [6.07, 6.45) is 1.06. The van der Waals surface area contributed by atoms with Gasteiger partial charge >= 0.3 is 0 Å². The maximum atomic E-state index is 12.8. The van der Waals surface area contributed by atoms with Crippen molar-refractivity contribution in [2.24, 2.45) is 0 Å². The molecule has 0 saturated heterocycles. The number of aromatic nitrogens is 4. The zero-order valence-electron chi connectivity index (χ0n) is 17.3. The number of thioether (sulfide) groups is 1. The Hall–Kier alpha value is -2.34. The van der Waals surface area contributed by atoms with Crippen molar-refractivity contribution in [1.29, 1.82) is 0 Å². The fourth-order valence-electron chi connectivity index (χ4n) is 3.56. The maximum absolute atomic E-state index is 12.8. The van der Waals surface area contributed by atoms with Crippen molar-refractivity contribution in [2.45, 2.75) is 59.3 Å². The summed E-state index contributed by atoms with van der Waals surface area (Å²) in [6, 6.07) is 10.2. The Balaban J connectivity index is 1.79. The van der Waals surface area contributed by atoms with E-state index in [-0.39, 0.29) is 5.78 Å². The van der Waals surface area contributed by atoms with E-state index in [1.54, 1.807) is 0 Å². The van der Waals surface area contributed by atoms with E-state index in [1.165, 1.54) is 17.3 Å². The van der Waals surface area contributed by atoms with Gasteiger partial charge in [-0.15, -0.1) is 10.2 Å². The van der Waals surface area contributed by atoms with Crippen LogP contribution in [-0.4, -0.2) is 30.9 Å². The van der Waals surface area contributed by atoms with Gasteiger partial charge in [-0.1, -0.05) is 43.0 Å². The first-order valence-corrected chi connectivity index (χ1v) is 10.8. The molecule has 28 heavy (non-hydrogen) atoms. The molecule has 0 amide bonds.